The molecular weight excluding hydrogens is 392 g/mol. The minimum Gasteiger partial charge on any atom is -0.494 e. The van der Waals surface area contributed by atoms with Crippen molar-refractivity contribution in [1.82, 2.24) is 10.5 Å². The van der Waals surface area contributed by atoms with Crippen molar-refractivity contribution in [2.45, 2.75) is 50.9 Å². The molecule has 0 unspecified atom stereocenters. The van der Waals surface area contributed by atoms with Gasteiger partial charge >= 0.3 is 0 Å². The van der Waals surface area contributed by atoms with E-state index in [0.717, 1.165) is 53.9 Å². The highest BCUT2D eigenvalue weighted by Crippen LogP contribution is 2.37. The molecule has 2 heterocycles. The zero-order valence-corrected chi connectivity index (χ0v) is 17.7. The fourth-order valence-corrected chi connectivity index (χ4v) is 4.99. The Morgan fingerprint density at radius 3 is 2.81 bits per heavy atom. The van der Waals surface area contributed by atoms with E-state index in [0.29, 0.717) is 24.1 Å². The standard InChI is InChI=1S/C25H28N2O4/c28-18-4-6-21(22(29)15-18)25-24-20-7-5-19(14-17(20)3-8-23(24)31-27-25)30-13-1-2-16-9-11-26-12-10-16/h3,5,7-8,14,16,21,26H,1-2,4,6,9-13,15H2/t21-/m0/s1. The van der Waals surface area contributed by atoms with E-state index in [1.807, 2.05) is 30.3 Å². The molecule has 2 aliphatic rings. The van der Waals surface area contributed by atoms with Gasteiger partial charge in [0.15, 0.2) is 5.58 Å². The molecule has 1 saturated heterocycles. The Balaban J connectivity index is 1.33. The molecule has 1 saturated carbocycles. The lowest BCUT2D eigenvalue weighted by Gasteiger charge is -2.22. The van der Waals surface area contributed by atoms with Gasteiger partial charge in [-0.3, -0.25) is 9.59 Å². The minimum atomic E-state index is -0.365. The molecule has 1 atom stereocenters. The molecule has 2 aromatic carbocycles. The molecule has 5 rings (SSSR count). The Morgan fingerprint density at radius 2 is 1.97 bits per heavy atom. The number of carbonyl (C=O) groups excluding carboxylic acids is 2. The van der Waals surface area contributed by atoms with Crippen molar-refractivity contribution in [3.8, 4) is 5.75 Å². The van der Waals surface area contributed by atoms with Gasteiger partial charge in [-0.15, -0.1) is 0 Å². The van der Waals surface area contributed by atoms with Gasteiger partial charge in [0.2, 0.25) is 0 Å². The van der Waals surface area contributed by atoms with Crippen LogP contribution in [-0.4, -0.2) is 36.4 Å². The number of Topliss-reactive ketones (excluding diaryl/α,β-unsaturated/α-hetero) is 2. The number of ketones is 2. The van der Waals surface area contributed by atoms with Crippen molar-refractivity contribution in [1.29, 1.82) is 0 Å². The maximum Gasteiger partial charge on any atom is 0.167 e. The normalized spacial score (nSPS) is 20.6. The van der Waals surface area contributed by atoms with Crippen LogP contribution in [0.1, 0.15) is 56.6 Å². The Labute approximate surface area is 181 Å². The van der Waals surface area contributed by atoms with Crippen LogP contribution in [0.15, 0.2) is 34.9 Å². The van der Waals surface area contributed by atoms with Crippen LogP contribution in [-0.2, 0) is 9.59 Å². The number of fused-ring (bicyclic) bond motifs is 3. The summed E-state index contributed by atoms with van der Waals surface area (Å²) in [6, 6.07) is 9.95. The Bertz CT molecular complexity index is 1110. The molecule has 3 aromatic rings. The molecule has 1 aliphatic carbocycles. The maximum atomic E-state index is 12.5. The second-order valence-corrected chi connectivity index (χ2v) is 8.85. The first kappa shape index (κ1) is 20.2. The van der Waals surface area contributed by atoms with Crippen LogP contribution in [0.25, 0.3) is 21.7 Å². The number of piperidine rings is 1. The molecule has 31 heavy (non-hydrogen) atoms. The van der Waals surface area contributed by atoms with Crippen LogP contribution in [0.4, 0.5) is 0 Å². The highest BCUT2D eigenvalue weighted by Gasteiger charge is 2.32. The van der Waals surface area contributed by atoms with Crippen molar-refractivity contribution < 1.29 is 18.8 Å². The van der Waals surface area contributed by atoms with E-state index in [1.165, 1.54) is 19.3 Å². The molecule has 6 heteroatoms. The van der Waals surface area contributed by atoms with Crippen molar-refractivity contribution in [2.24, 2.45) is 5.92 Å². The van der Waals surface area contributed by atoms with Gasteiger partial charge in [-0.25, -0.2) is 0 Å². The molecule has 6 nitrogen and oxygen atoms in total. The third kappa shape index (κ3) is 4.22. The summed E-state index contributed by atoms with van der Waals surface area (Å²) in [5.41, 5.74) is 1.33. The average Bonchev–Trinajstić information content (AvgIpc) is 3.21. The lowest BCUT2D eigenvalue weighted by Crippen LogP contribution is -2.27. The average molecular weight is 421 g/mol. The number of aromatic nitrogens is 1. The van der Waals surface area contributed by atoms with Crippen molar-refractivity contribution in [2.75, 3.05) is 19.7 Å². The number of hydrogen-bond acceptors (Lipinski definition) is 6. The molecule has 0 spiro atoms. The number of hydrogen-bond donors (Lipinski definition) is 1. The second-order valence-electron chi connectivity index (χ2n) is 8.85. The third-order valence-electron chi connectivity index (χ3n) is 6.74. The molecule has 1 N–H and O–H groups in total. The van der Waals surface area contributed by atoms with Gasteiger partial charge in [0.1, 0.15) is 23.0 Å². The summed E-state index contributed by atoms with van der Waals surface area (Å²) in [5, 5.41) is 10.6. The molecular formula is C25H28N2O4. The van der Waals surface area contributed by atoms with Crippen LogP contribution < -0.4 is 10.1 Å². The summed E-state index contributed by atoms with van der Waals surface area (Å²) in [7, 11) is 0. The predicted octanol–water partition coefficient (Wildman–Crippen LogP) is 4.55. The summed E-state index contributed by atoms with van der Waals surface area (Å²) in [5.74, 6) is 1.27. The van der Waals surface area contributed by atoms with Crippen LogP contribution in [0, 0.1) is 5.92 Å². The maximum absolute atomic E-state index is 12.5. The summed E-state index contributed by atoms with van der Waals surface area (Å²) in [4.78, 5) is 24.1. The number of nitrogens with zero attached hydrogens (tertiary/aromatic N) is 1. The number of carbonyl (C=O) groups is 2. The summed E-state index contributed by atoms with van der Waals surface area (Å²) >= 11 is 0. The fraction of sp³-hybridized carbons (Fsp3) is 0.480. The zero-order chi connectivity index (χ0) is 21.2. The largest absolute Gasteiger partial charge is 0.494 e. The quantitative estimate of drug-likeness (QED) is 0.466. The van der Waals surface area contributed by atoms with Gasteiger partial charge in [-0.2, -0.15) is 0 Å². The minimum absolute atomic E-state index is 0.000850. The lowest BCUT2D eigenvalue weighted by atomic mass is 9.83. The number of ether oxygens (including phenoxy) is 1. The highest BCUT2D eigenvalue weighted by atomic mass is 16.5. The Morgan fingerprint density at radius 1 is 1.10 bits per heavy atom. The molecule has 0 radical (unpaired) electrons. The third-order valence-corrected chi connectivity index (χ3v) is 6.74. The van der Waals surface area contributed by atoms with E-state index in [9.17, 15) is 9.59 Å². The molecule has 1 aliphatic heterocycles. The van der Waals surface area contributed by atoms with Gasteiger partial charge in [-0.1, -0.05) is 11.2 Å². The highest BCUT2D eigenvalue weighted by molar-refractivity contribution is 6.11. The number of rotatable bonds is 6. The summed E-state index contributed by atoms with van der Waals surface area (Å²) in [6.07, 6.45) is 5.76. The van der Waals surface area contributed by atoms with E-state index >= 15 is 0 Å². The monoisotopic (exact) mass is 420 g/mol. The van der Waals surface area contributed by atoms with Gasteiger partial charge in [0.05, 0.1) is 24.3 Å². The molecule has 1 aromatic heterocycles. The fourth-order valence-electron chi connectivity index (χ4n) is 4.99. The molecule has 0 bridgehead atoms. The first-order valence-electron chi connectivity index (χ1n) is 11.4. The van der Waals surface area contributed by atoms with Crippen LogP contribution in [0.5, 0.6) is 5.75 Å². The van der Waals surface area contributed by atoms with E-state index < -0.39 is 0 Å². The van der Waals surface area contributed by atoms with Gasteiger partial charge in [-0.05, 0) is 86.1 Å². The second kappa shape index (κ2) is 8.79. The molecule has 162 valence electrons. The van der Waals surface area contributed by atoms with Gasteiger partial charge in [0.25, 0.3) is 0 Å². The van der Waals surface area contributed by atoms with Crippen molar-refractivity contribution in [3.63, 3.8) is 0 Å². The van der Waals surface area contributed by atoms with E-state index in [4.69, 9.17) is 9.26 Å². The molecule has 2 fully saturated rings. The predicted molar refractivity (Wildman–Crippen MR) is 118 cm³/mol. The number of nitrogens with one attached hydrogen (secondary N) is 1. The molecule has 0 amide bonds. The lowest BCUT2D eigenvalue weighted by molar-refractivity contribution is -0.130. The van der Waals surface area contributed by atoms with Gasteiger partial charge < -0.3 is 14.6 Å². The Hall–Kier alpha value is -2.73. The van der Waals surface area contributed by atoms with Crippen LogP contribution in [0.3, 0.4) is 0 Å². The number of benzene rings is 2. The van der Waals surface area contributed by atoms with E-state index in [2.05, 4.69) is 10.5 Å². The van der Waals surface area contributed by atoms with Crippen molar-refractivity contribution >= 4 is 33.3 Å². The van der Waals surface area contributed by atoms with Crippen LogP contribution in [0.2, 0.25) is 0 Å². The Kier molecular flexibility index (Phi) is 5.72. The van der Waals surface area contributed by atoms with Crippen molar-refractivity contribution in [3.05, 3.63) is 36.0 Å². The zero-order valence-electron chi connectivity index (χ0n) is 17.7. The van der Waals surface area contributed by atoms with E-state index in [1.54, 1.807) is 0 Å². The van der Waals surface area contributed by atoms with E-state index in [-0.39, 0.29) is 23.9 Å². The SMILES string of the molecule is O=C1CC[C@H](c2noc3ccc4cc(OCCCC5CCNCC5)ccc4c23)C(=O)C1. The van der Waals surface area contributed by atoms with Crippen LogP contribution >= 0.6 is 0 Å². The van der Waals surface area contributed by atoms with Gasteiger partial charge in [0, 0.05) is 6.42 Å². The summed E-state index contributed by atoms with van der Waals surface area (Å²) in [6.45, 7) is 3.00. The first-order chi connectivity index (χ1) is 15.2. The smallest absolute Gasteiger partial charge is 0.167 e. The summed E-state index contributed by atoms with van der Waals surface area (Å²) < 4.78 is 11.6. The topological polar surface area (TPSA) is 81.4 Å². The first-order valence-corrected chi connectivity index (χ1v) is 11.4.